The quantitative estimate of drug-likeness (QED) is 0.482. The first-order valence-corrected chi connectivity index (χ1v) is 9.70. The summed E-state index contributed by atoms with van der Waals surface area (Å²) in [7, 11) is 8.36. The van der Waals surface area contributed by atoms with Gasteiger partial charge in [0.25, 0.3) is 0 Å². The number of anilines is 1. The molecule has 164 valence electrons. The normalized spacial score (nSPS) is 11.1. The van der Waals surface area contributed by atoms with E-state index in [2.05, 4.69) is 15.6 Å². The summed E-state index contributed by atoms with van der Waals surface area (Å²) in [5, 5.41) is 6.43. The highest BCUT2D eigenvalue weighted by atomic mass is 19.1. The van der Waals surface area contributed by atoms with Crippen molar-refractivity contribution in [2.24, 2.45) is 4.99 Å². The maximum absolute atomic E-state index is 14.2. The molecule has 0 heterocycles. The molecule has 2 N–H and O–H groups in total. The molecule has 0 aliphatic carbocycles. The number of hydrogen-bond acceptors (Lipinski definition) is 5. The summed E-state index contributed by atoms with van der Waals surface area (Å²) < 4.78 is 30.3. The van der Waals surface area contributed by atoms with E-state index >= 15 is 0 Å². The third-order valence-corrected chi connectivity index (χ3v) is 4.44. The fraction of sp³-hybridized carbons (Fsp3) is 0.409. The van der Waals surface area contributed by atoms with E-state index < -0.39 is 0 Å². The summed E-state index contributed by atoms with van der Waals surface area (Å²) >= 11 is 0. The Morgan fingerprint density at radius 2 is 1.63 bits per heavy atom. The smallest absolute Gasteiger partial charge is 0.203 e. The number of aliphatic imine (C=N–C) groups is 1. The van der Waals surface area contributed by atoms with E-state index in [4.69, 9.17) is 14.2 Å². The zero-order chi connectivity index (χ0) is 22.1. The van der Waals surface area contributed by atoms with Gasteiger partial charge in [-0.3, -0.25) is 0 Å². The molecule has 2 aromatic carbocycles. The number of methoxy groups -OCH3 is 3. The lowest BCUT2D eigenvalue weighted by molar-refractivity contribution is 0.324. The Labute approximate surface area is 177 Å². The van der Waals surface area contributed by atoms with Crippen molar-refractivity contribution in [1.29, 1.82) is 0 Å². The highest BCUT2D eigenvalue weighted by Gasteiger charge is 2.13. The number of nitrogens with one attached hydrogen (secondary N) is 2. The van der Waals surface area contributed by atoms with Gasteiger partial charge in [-0.05, 0) is 42.3 Å². The molecular weight excluding hydrogens is 387 g/mol. The van der Waals surface area contributed by atoms with E-state index in [-0.39, 0.29) is 5.82 Å². The molecule has 0 radical (unpaired) electrons. The number of benzene rings is 2. The Balaban J connectivity index is 2.14. The van der Waals surface area contributed by atoms with Crippen molar-refractivity contribution in [1.82, 2.24) is 10.6 Å². The molecule has 0 spiro atoms. The Morgan fingerprint density at radius 3 is 2.13 bits per heavy atom. The van der Waals surface area contributed by atoms with Gasteiger partial charge in [0.05, 0.1) is 33.6 Å². The largest absolute Gasteiger partial charge is 0.493 e. The monoisotopic (exact) mass is 418 g/mol. The topological polar surface area (TPSA) is 67.4 Å². The van der Waals surface area contributed by atoms with Gasteiger partial charge >= 0.3 is 0 Å². The van der Waals surface area contributed by atoms with Crippen LogP contribution in [0.15, 0.2) is 35.3 Å². The minimum atomic E-state index is -0.251. The highest BCUT2D eigenvalue weighted by molar-refractivity contribution is 5.79. The van der Waals surface area contributed by atoms with Crippen LogP contribution in [0.5, 0.6) is 17.2 Å². The second-order valence-electron chi connectivity index (χ2n) is 6.76. The maximum Gasteiger partial charge on any atom is 0.203 e. The van der Waals surface area contributed by atoms with Crippen LogP contribution in [0, 0.1) is 5.82 Å². The molecule has 0 atom stereocenters. The summed E-state index contributed by atoms with van der Waals surface area (Å²) in [6, 6.07) is 8.93. The van der Waals surface area contributed by atoms with E-state index in [1.807, 2.05) is 39.2 Å². The Morgan fingerprint density at radius 1 is 0.967 bits per heavy atom. The highest BCUT2D eigenvalue weighted by Crippen LogP contribution is 2.38. The van der Waals surface area contributed by atoms with Crippen molar-refractivity contribution < 1.29 is 18.6 Å². The van der Waals surface area contributed by atoms with Crippen LogP contribution in [-0.4, -0.2) is 47.9 Å². The van der Waals surface area contributed by atoms with Crippen LogP contribution in [0.3, 0.4) is 0 Å². The predicted octanol–water partition coefficient (Wildman–Crippen LogP) is 3.17. The molecule has 7 nitrogen and oxygen atoms in total. The second-order valence-corrected chi connectivity index (χ2v) is 6.76. The van der Waals surface area contributed by atoms with Gasteiger partial charge in [-0.25, -0.2) is 9.38 Å². The van der Waals surface area contributed by atoms with Crippen LogP contribution < -0.4 is 29.7 Å². The number of guanidine groups is 1. The number of halogens is 1. The van der Waals surface area contributed by atoms with Gasteiger partial charge in [0.1, 0.15) is 5.82 Å². The molecule has 2 rings (SSSR count). The third-order valence-electron chi connectivity index (χ3n) is 4.44. The molecule has 0 aliphatic rings. The number of hydrogen-bond donors (Lipinski definition) is 2. The Kier molecular flexibility index (Phi) is 8.58. The minimum Gasteiger partial charge on any atom is -0.493 e. The van der Waals surface area contributed by atoms with Gasteiger partial charge < -0.3 is 29.7 Å². The van der Waals surface area contributed by atoms with Crippen LogP contribution in [0.1, 0.15) is 18.1 Å². The van der Waals surface area contributed by atoms with Crippen molar-refractivity contribution in [2.75, 3.05) is 46.9 Å². The molecule has 0 amide bonds. The summed E-state index contributed by atoms with van der Waals surface area (Å²) in [6.45, 7) is 3.54. The molecular formula is C22H31FN4O3. The first kappa shape index (κ1) is 23.1. The lowest BCUT2D eigenvalue weighted by Gasteiger charge is -2.16. The number of rotatable bonds is 9. The molecule has 0 aromatic heterocycles. The average Bonchev–Trinajstić information content (AvgIpc) is 2.74. The SMILES string of the molecule is CCNC(=NCc1cc(OC)c(OC)c(OC)c1)NCc1ccc(N(C)C)c(F)c1. The van der Waals surface area contributed by atoms with Crippen LogP contribution in [0.25, 0.3) is 0 Å². The van der Waals surface area contributed by atoms with Gasteiger partial charge in [0, 0.05) is 27.2 Å². The van der Waals surface area contributed by atoms with E-state index in [0.29, 0.717) is 48.5 Å². The lowest BCUT2D eigenvalue weighted by Crippen LogP contribution is -2.36. The van der Waals surface area contributed by atoms with Crippen LogP contribution in [0.4, 0.5) is 10.1 Å². The van der Waals surface area contributed by atoms with Gasteiger partial charge in [-0.1, -0.05) is 6.07 Å². The van der Waals surface area contributed by atoms with Crippen molar-refractivity contribution in [2.45, 2.75) is 20.0 Å². The van der Waals surface area contributed by atoms with Crippen molar-refractivity contribution >= 4 is 11.6 Å². The van der Waals surface area contributed by atoms with Gasteiger partial charge in [-0.2, -0.15) is 0 Å². The third kappa shape index (κ3) is 5.92. The molecule has 0 saturated heterocycles. The molecule has 30 heavy (non-hydrogen) atoms. The molecule has 2 aromatic rings. The first-order chi connectivity index (χ1) is 14.4. The fourth-order valence-corrected chi connectivity index (χ4v) is 2.95. The lowest BCUT2D eigenvalue weighted by atomic mass is 10.2. The van der Waals surface area contributed by atoms with E-state index in [1.54, 1.807) is 32.3 Å². The van der Waals surface area contributed by atoms with Crippen molar-refractivity contribution in [3.8, 4) is 17.2 Å². The Hall–Kier alpha value is -3.16. The summed E-state index contributed by atoms with van der Waals surface area (Å²) in [4.78, 5) is 6.36. The first-order valence-electron chi connectivity index (χ1n) is 9.70. The summed E-state index contributed by atoms with van der Waals surface area (Å²) in [6.07, 6.45) is 0. The van der Waals surface area contributed by atoms with Crippen LogP contribution in [-0.2, 0) is 13.1 Å². The minimum absolute atomic E-state index is 0.251. The maximum atomic E-state index is 14.2. The Bertz CT molecular complexity index is 846. The molecule has 0 unspecified atom stereocenters. The number of ether oxygens (including phenoxy) is 3. The predicted molar refractivity (Wildman–Crippen MR) is 118 cm³/mol. The standard InChI is InChI=1S/C22H31FN4O3/c1-7-24-22(25-13-15-8-9-18(27(2)3)17(23)10-15)26-14-16-11-19(28-4)21(30-6)20(12-16)29-5/h8-12H,7,13-14H2,1-6H3,(H2,24,25,26). The van der Waals surface area contributed by atoms with Crippen LogP contribution >= 0.6 is 0 Å². The van der Waals surface area contributed by atoms with Gasteiger partial charge in [-0.15, -0.1) is 0 Å². The average molecular weight is 419 g/mol. The van der Waals surface area contributed by atoms with Gasteiger partial charge in [0.2, 0.25) is 5.75 Å². The van der Waals surface area contributed by atoms with Gasteiger partial charge in [0.15, 0.2) is 17.5 Å². The van der Waals surface area contributed by atoms with E-state index in [9.17, 15) is 4.39 Å². The van der Waals surface area contributed by atoms with E-state index in [1.165, 1.54) is 6.07 Å². The zero-order valence-electron chi connectivity index (χ0n) is 18.5. The van der Waals surface area contributed by atoms with Crippen LogP contribution in [0.2, 0.25) is 0 Å². The molecule has 0 bridgehead atoms. The summed E-state index contributed by atoms with van der Waals surface area (Å²) in [5.74, 6) is 2.08. The molecule has 0 aliphatic heterocycles. The summed E-state index contributed by atoms with van der Waals surface area (Å²) in [5.41, 5.74) is 2.29. The molecule has 0 saturated carbocycles. The van der Waals surface area contributed by atoms with E-state index in [0.717, 1.165) is 11.1 Å². The molecule has 0 fully saturated rings. The zero-order valence-corrected chi connectivity index (χ0v) is 18.5. The second kappa shape index (κ2) is 11.1. The van der Waals surface area contributed by atoms with Crippen molar-refractivity contribution in [3.05, 3.63) is 47.3 Å². The fourth-order valence-electron chi connectivity index (χ4n) is 2.95. The van der Waals surface area contributed by atoms with Crippen molar-refractivity contribution in [3.63, 3.8) is 0 Å². The molecule has 8 heteroatoms. The number of nitrogens with zero attached hydrogens (tertiary/aromatic N) is 2.